The van der Waals surface area contributed by atoms with Crippen molar-refractivity contribution in [2.75, 3.05) is 7.11 Å². The zero-order valence-electron chi connectivity index (χ0n) is 9.15. The van der Waals surface area contributed by atoms with E-state index in [4.69, 9.17) is 32.7 Å². The van der Waals surface area contributed by atoms with Crippen molar-refractivity contribution >= 4 is 39.1 Å². The summed E-state index contributed by atoms with van der Waals surface area (Å²) >= 11 is 15.2. The van der Waals surface area contributed by atoms with Gasteiger partial charge in [-0.15, -0.1) is 0 Å². The van der Waals surface area contributed by atoms with Crippen molar-refractivity contribution in [3.63, 3.8) is 0 Å². The molecule has 0 fully saturated rings. The largest absolute Gasteiger partial charge is 0.489 e. The number of ether oxygens (including phenoxy) is 2. The van der Waals surface area contributed by atoms with Gasteiger partial charge in [-0.05, 0) is 18.2 Å². The summed E-state index contributed by atoms with van der Waals surface area (Å²) < 4.78 is 11.5. The molecule has 4 nitrogen and oxygen atoms in total. The summed E-state index contributed by atoms with van der Waals surface area (Å²) in [7, 11) is 1.46. The first-order valence-corrected chi connectivity index (χ1v) is 6.34. The fourth-order valence-electron chi connectivity index (χ4n) is 1.24. The Hall–Kier alpha value is -1.04. The molecule has 18 heavy (non-hydrogen) atoms. The minimum absolute atomic E-state index is 0.177. The molecule has 0 atom stereocenters. The van der Waals surface area contributed by atoms with Gasteiger partial charge >= 0.3 is 0 Å². The number of halogens is 3. The van der Waals surface area contributed by atoms with Crippen LogP contribution in [0, 0.1) is 0 Å². The average molecular weight is 350 g/mol. The van der Waals surface area contributed by atoms with Crippen molar-refractivity contribution in [2.45, 2.75) is 0 Å². The van der Waals surface area contributed by atoms with Gasteiger partial charge < -0.3 is 9.47 Å². The number of rotatable bonds is 3. The summed E-state index contributed by atoms with van der Waals surface area (Å²) in [5, 5.41) is 0.622. The molecule has 0 spiro atoms. The Labute approximate surface area is 122 Å². The molecule has 94 valence electrons. The summed E-state index contributed by atoms with van der Waals surface area (Å²) in [5.74, 6) is 0.924. The lowest BCUT2D eigenvalue weighted by Gasteiger charge is -2.10. The summed E-state index contributed by atoms with van der Waals surface area (Å²) in [6, 6.07) is 5.23. The van der Waals surface area contributed by atoms with Crippen LogP contribution in [-0.2, 0) is 0 Å². The fourth-order valence-corrected chi connectivity index (χ4v) is 2.16. The molecule has 0 saturated carbocycles. The molecular weight excluding hydrogens is 343 g/mol. The van der Waals surface area contributed by atoms with Crippen molar-refractivity contribution in [1.29, 1.82) is 0 Å². The second-order valence-electron chi connectivity index (χ2n) is 3.18. The number of hydrogen-bond donors (Lipinski definition) is 0. The molecule has 0 N–H and O–H groups in total. The maximum Gasteiger partial charge on any atom is 0.267 e. The number of aromatic nitrogens is 2. The van der Waals surface area contributed by atoms with Gasteiger partial charge in [0.2, 0.25) is 5.75 Å². The number of nitrogens with zero attached hydrogens (tertiary/aromatic N) is 2. The average Bonchev–Trinajstić information content (AvgIpc) is 2.33. The van der Waals surface area contributed by atoms with Crippen LogP contribution in [0.5, 0.6) is 17.4 Å². The quantitative estimate of drug-likeness (QED) is 0.773. The van der Waals surface area contributed by atoms with Crippen molar-refractivity contribution in [3.8, 4) is 17.4 Å². The Morgan fingerprint density at radius 1 is 1.22 bits per heavy atom. The number of hydrogen-bond acceptors (Lipinski definition) is 4. The van der Waals surface area contributed by atoms with Crippen LogP contribution in [0.3, 0.4) is 0 Å². The second-order valence-corrected chi connectivity index (χ2v) is 4.86. The van der Waals surface area contributed by atoms with Gasteiger partial charge in [-0.1, -0.05) is 39.1 Å². The van der Waals surface area contributed by atoms with Crippen LogP contribution in [-0.4, -0.2) is 17.1 Å². The third kappa shape index (κ3) is 2.85. The Morgan fingerprint density at radius 2 is 2.00 bits per heavy atom. The van der Waals surface area contributed by atoms with Crippen molar-refractivity contribution in [1.82, 2.24) is 9.97 Å². The minimum Gasteiger partial charge on any atom is -0.489 e. The highest BCUT2D eigenvalue weighted by Crippen LogP contribution is 2.37. The molecule has 1 aromatic carbocycles. The highest BCUT2D eigenvalue weighted by molar-refractivity contribution is 9.10. The Kier molecular flexibility index (Phi) is 4.27. The van der Waals surface area contributed by atoms with Crippen LogP contribution in [0.2, 0.25) is 10.2 Å². The van der Waals surface area contributed by atoms with Gasteiger partial charge in [0.1, 0.15) is 12.1 Å². The molecule has 2 rings (SSSR count). The van der Waals surface area contributed by atoms with E-state index in [2.05, 4.69) is 25.9 Å². The van der Waals surface area contributed by atoms with E-state index < -0.39 is 0 Å². The predicted molar refractivity (Wildman–Crippen MR) is 72.8 cm³/mol. The first-order valence-electron chi connectivity index (χ1n) is 4.79. The van der Waals surface area contributed by atoms with Gasteiger partial charge in [0, 0.05) is 4.47 Å². The van der Waals surface area contributed by atoms with Gasteiger partial charge in [0.15, 0.2) is 5.15 Å². The topological polar surface area (TPSA) is 44.2 Å². The summed E-state index contributed by atoms with van der Waals surface area (Å²) in [5.41, 5.74) is 0. The summed E-state index contributed by atoms with van der Waals surface area (Å²) in [4.78, 5) is 7.75. The van der Waals surface area contributed by atoms with Crippen LogP contribution >= 0.6 is 39.1 Å². The van der Waals surface area contributed by atoms with Crippen molar-refractivity contribution in [2.24, 2.45) is 0 Å². The van der Waals surface area contributed by atoms with Gasteiger partial charge in [-0.3, -0.25) is 0 Å². The molecule has 1 aromatic heterocycles. The standard InChI is InChI=1S/C11H7BrCl2N2O2/c1-17-9-10(14)15-5-16-11(9)18-8-3-2-6(12)4-7(8)13/h2-5H,1H3. The second kappa shape index (κ2) is 5.73. The lowest BCUT2D eigenvalue weighted by atomic mass is 10.3. The predicted octanol–water partition coefficient (Wildman–Crippen LogP) is 4.35. The first kappa shape index (κ1) is 13.4. The molecule has 0 saturated heterocycles. The summed E-state index contributed by atoms with van der Waals surface area (Å²) in [6.45, 7) is 0. The molecule has 0 unspecified atom stereocenters. The third-order valence-corrected chi connectivity index (χ3v) is 3.09. The van der Waals surface area contributed by atoms with E-state index in [0.29, 0.717) is 10.8 Å². The van der Waals surface area contributed by atoms with Crippen LogP contribution < -0.4 is 9.47 Å². The minimum atomic E-state index is 0.177. The van der Waals surface area contributed by atoms with Crippen LogP contribution in [0.25, 0.3) is 0 Å². The molecular formula is C11H7BrCl2N2O2. The Bertz CT molecular complexity index is 581. The SMILES string of the molecule is COc1c(Cl)ncnc1Oc1ccc(Br)cc1Cl. The van der Waals surface area contributed by atoms with Crippen molar-refractivity contribution < 1.29 is 9.47 Å². The third-order valence-electron chi connectivity index (χ3n) is 2.03. The van der Waals surface area contributed by atoms with E-state index in [1.54, 1.807) is 18.2 Å². The highest BCUT2D eigenvalue weighted by Gasteiger charge is 2.14. The van der Waals surface area contributed by atoms with Gasteiger partial charge in [0.05, 0.1) is 12.1 Å². The maximum absolute atomic E-state index is 6.04. The Morgan fingerprint density at radius 3 is 2.67 bits per heavy atom. The van der Waals surface area contributed by atoms with E-state index in [1.165, 1.54) is 13.4 Å². The fraction of sp³-hybridized carbons (Fsp3) is 0.0909. The molecule has 0 bridgehead atoms. The molecule has 0 aliphatic heterocycles. The molecule has 0 aliphatic rings. The monoisotopic (exact) mass is 348 g/mol. The number of methoxy groups -OCH3 is 1. The molecule has 0 radical (unpaired) electrons. The number of benzene rings is 1. The lowest BCUT2D eigenvalue weighted by molar-refractivity contribution is 0.367. The molecule has 2 aromatic rings. The van der Waals surface area contributed by atoms with Gasteiger partial charge in [-0.25, -0.2) is 4.98 Å². The molecule has 1 heterocycles. The zero-order chi connectivity index (χ0) is 13.1. The van der Waals surface area contributed by atoms with E-state index in [9.17, 15) is 0 Å². The van der Waals surface area contributed by atoms with Crippen LogP contribution in [0.15, 0.2) is 29.0 Å². The highest BCUT2D eigenvalue weighted by atomic mass is 79.9. The van der Waals surface area contributed by atoms with Crippen LogP contribution in [0.1, 0.15) is 0 Å². The zero-order valence-corrected chi connectivity index (χ0v) is 12.3. The lowest BCUT2D eigenvalue weighted by Crippen LogP contribution is -1.96. The molecule has 0 aliphatic carbocycles. The van der Waals surface area contributed by atoms with Gasteiger partial charge in [0.25, 0.3) is 5.88 Å². The molecule has 7 heteroatoms. The Balaban J connectivity index is 2.37. The summed E-state index contributed by atoms with van der Waals surface area (Å²) in [6.07, 6.45) is 1.28. The van der Waals surface area contributed by atoms with E-state index in [1.807, 2.05) is 0 Å². The van der Waals surface area contributed by atoms with Crippen molar-refractivity contribution in [3.05, 3.63) is 39.2 Å². The van der Waals surface area contributed by atoms with E-state index >= 15 is 0 Å². The maximum atomic E-state index is 6.04. The van der Waals surface area contributed by atoms with E-state index in [-0.39, 0.29) is 16.8 Å². The smallest absolute Gasteiger partial charge is 0.267 e. The first-order chi connectivity index (χ1) is 8.61. The normalized spacial score (nSPS) is 10.2. The van der Waals surface area contributed by atoms with Gasteiger partial charge in [-0.2, -0.15) is 4.98 Å². The van der Waals surface area contributed by atoms with E-state index in [0.717, 1.165) is 4.47 Å². The van der Waals surface area contributed by atoms with Crippen LogP contribution in [0.4, 0.5) is 0 Å². The molecule has 0 amide bonds.